The minimum atomic E-state index is -0.738. The molecule has 16 heavy (non-hydrogen) atoms. The van der Waals surface area contributed by atoms with Crippen LogP contribution in [-0.2, 0) is 14.3 Å². The van der Waals surface area contributed by atoms with Gasteiger partial charge in [0, 0.05) is 13.7 Å². The predicted molar refractivity (Wildman–Crippen MR) is 64.6 cm³/mol. The van der Waals surface area contributed by atoms with Crippen molar-refractivity contribution < 1.29 is 14.3 Å². The summed E-state index contributed by atoms with van der Waals surface area (Å²) in [6.45, 7) is 0.792. The summed E-state index contributed by atoms with van der Waals surface area (Å²) in [5, 5.41) is 0. The van der Waals surface area contributed by atoms with E-state index in [1.54, 1.807) is 7.11 Å². The number of esters is 1. The lowest BCUT2D eigenvalue weighted by Crippen LogP contribution is -2.51. The molecule has 0 unspecified atom stereocenters. The van der Waals surface area contributed by atoms with Gasteiger partial charge < -0.3 is 15.2 Å². The molecule has 1 aliphatic carbocycles. The van der Waals surface area contributed by atoms with Gasteiger partial charge >= 0.3 is 5.97 Å². The molecule has 96 valence electrons. The van der Waals surface area contributed by atoms with Crippen LogP contribution in [0.1, 0.15) is 32.1 Å². The number of carbonyl (C=O) groups excluding carboxylic acids is 1. The van der Waals surface area contributed by atoms with E-state index in [2.05, 4.69) is 0 Å². The van der Waals surface area contributed by atoms with Crippen LogP contribution in [0.3, 0.4) is 0 Å². The van der Waals surface area contributed by atoms with Crippen LogP contribution in [0.15, 0.2) is 0 Å². The van der Waals surface area contributed by atoms with Crippen LogP contribution in [0.5, 0.6) is 0 Å². The number of halogens is 1. The summed E-state index contributed by atoms with van der Waals surface area (Å²) >= 11 is 0. The second-order valence-electron chi connectivity index (χ2n) is 4.37. The minimum absolute atomic E-state index is 0. The number of ether oxygens (including phenoxy) is 2. The molecule has 0 aromatic heterocycles. The average Bonchev–Trinajstić information content (AvgIpc) is 2.27. The number of carbonyl (C=O) groups is 1. The van der Waals surface area contributed by atoms with Gasteiger partial charge in [-0.05, 0) is 38.0 Å². The molecule has 0 spiro atoms. The summed E-state index contributed by atoms with van der Waals surface area (Å²) in [6, 6.07) is 0. The van der Waals surface area contributed by atoms with Crippen LogP contribution < -0.4 is 5.73 Å². The van der Waals surface area contributed by atoms with Crippen LogP contribution in [0, 0.1) is 5.92 Å². The molecule has 0 aliphatic heterocycles. The zero-order chi connectivity index (χ0) is 11.3. The molecule has 0 aromatic rings. The Morgan fingerprint density at radius 2 is 1.94 bits per heavy atom. The van der Waals surface area contributed by atoms with E-state index in [1.807, 2.05) is 0 Å². The summed E-state index contributed by atoms with van der Waals surface area (Å²) in [7, 11) is 3.11. The smallest absolute Gasteiger partial charge is 0.325 e. The highest BCUT2D eigenvalue weighted by Gasteiger charge is 2.38. The minimum Gasteiger partial charge on any atom is -0.468 e. The van der Waals surface area contributed by atoms with Crippen molar-refractivity contribution in [3.05, 3.63) is 0 Å². The highest BCUT2D eigenvalue weighted by molar-refractivity contribution is 5.85. The third kappa shape index (κ3) is 3.92. The highest BCUT2D eigenvalue weighted by Crippen LogP contribution is 2.32. The van der Waals surface area contributed by atoms with E-state index in [0.717, 1.165) is 38.7 Å². The summed E-state index contributed by atoms with van der Waals surface area (Å²) < 4.78 is 9.76. The number of methoxy groups -OCH3 is 2. The predicted octanol–water partition coefficient (Wildman–Crippen LogP) is 1.51. The fourth-order valence-corrected chi connectivity index (χ4v) is 2.17. The first-order valence-electron chi connectivity index (χ1n) is 5.48. The van der Waals surface area contributed by atoms with E-state index < -0.39 is 5.54 Å². The normalized spacial score (nSPS) is 29.3. The Balaban J connectivity index is 0.00000225. The molecular weight excluding hydrogens is 230 g/mol. The lowest BCUT2D eigenvalue weighted by molar-refractivity contribution is -0.148. The van der Waals surface area contributed by atoms with Crippen LogP contribution in [0.2, 0.25) is 0 Å². The van der Waals surface area contributed by atoms with E-state index in [4.69, 9.17) is 15.2 Å². The van der Waals surface area contributed by atoms with E-state index in [1.165, 1.54) is 7.11 Å². The first-order valence-corrected chi connectivity index (χ1v) is 5.48. The van der Waals surface area contributed by atoms with Crippen molar-refractivity contribution in [3.8, 4) is 0 Å². The number of rotatable bonds is 4. The van der Waals surface area contributed by atoms with Crippen LogP contribution in [-0.4, -0.2) is 32.3 Å². The maximum Gasteiger partial charge on any atom is 0.325 e. The van der Waals surface area contributed by atoms with Crippen LogP contribution >= 0.6 is 12.4 Å². The average molecular weight is 252 g/mol. The molecule has 1 aliphatic rings. The van der Waals surface area contributed by atoms with Gasteiger partial charge in [-0.3, -0.25) is 4.79 Å². The van der Waals surface area contributed by atoms with Crippen LogP contribution in [0.4, 0.5) is 0 Å². The summed E-state index contributed by atoms with van der Waals surface area (Å²) in [6.07, 6.45) is 4.51. The maximum atomic E-state index is 11.4. The monoisotopic (exact) mass is 251 g/mol. The fourth-order valence-electron chi connectivity index (χ4n) is 2.17. The molecule has 0 saturated heterocycles. The number of hydrogen-bond donors (Lipinski definition) is 1. The van der Waals surface area contributed by atoms with Gasteiger partial charge in [-0.25, -0.2) is 0 Å². The van der Waals surface area contributed by atoms with Crippen molar-refractivity contribution in [2.75, 3.05) is 20.8 Å². The second-order valence-corrected chi connectivity index (χ2v) is 4.37. The SMILES string of the molecule is COCCC1CCC(N)(C(=O)OC)CC1.Cl. The van der Waals surface area contributed by atoms with Crippen molar-refractivity contribution in [3.63, 3.8) is 0 Å². The molecule has 1 saturated carbocycles. The molecule has 0 bridgehead atoms. The first kappa shape index (κ1) is 15.7. The van der Waals surface area contributed by atoms with Gasteiger partial charge in [-0.2, -0.15) is 0 Å². The van der Waals surface area contributed by atoms with Crippen molar-refractivity contribution >= 4 is 18.4 Å². The lowest BCUT2D eigenvalue weighted by Gasteiger charge is -2.34. The zero-order valence-corrected chi connectivity index (χ0v) is 10.8. The Morgan fingerprint density at radius 3 is 2.38 bits per heavy atom. The third-order valence-electron chi connectivity index (χ3n) is 3.32. The lowest BCUT2D eigenvalue weighted by atomic mass is 9.76. The molecule has 2 N–H and O–H groups in total. The molecular formula is C11H22ClNO3. The van der Waals surface area contributed by atoms with Crippen molar-refractivity contribution in [2.45, 2.75) is 37.6 Å². The van der Waals surface area contributed by atoms with Gasteiger partial charge in [-0.1, -0.05) is 0 Å². The van der Waals surface area contributed by atoms with Crippen molar-refractivity contribution in [1.29, 1.82) is 0 Å². The molecule has 1 fully saturated rings. The Morgan fingerprint density at radius 1 is 1.38 bits per heavy atom. The molecule has 1 rings (SSSR count). The highest BCUT2D eigenvalue weighted by atomic mass is 35.5. The quantitative estimate of drug-likeness (QED) is 0.770. The molecule has 0 atom stereocenters. The summed E-state index contributed by atoms with van der Waals surface area (Å²) in [5.41, 5.74) is 5.26. The maximum absolute atomic E-state index is 11.4. The van der Waals surface area contributed by atoms with Gasteiger partial charge in [-0.15, -0.1) is 12.4 Å². The largest absolute Gasteiger partial charge is 0.468 e. The Hall–Kier alpha value is -0.320. The third-order valence-corrected chi connectivity index (χ3v) is 3.32. The van der Waals surface area contributed by atoms with Gasteiger partial charge in [0.25, 0.3) is 0 Å². The van der Waals surface area contributed by atoms with E-state index in [9.17, 15) is 4.79 Å². The second kappa shape index (κ2) is 7.09. The van der Waals surface area contributed by atoms with Gasteiger partial charge in [0.2, 0.25) is 0 Å². The number of nitrogens with two attached hydrogens (primary N) is 1. The molecule has 0 aromatic carbocycles. The number of hydrogen-bond acceptors (Lipinski definition) is 4. The first-order chi connectivity index (χ1) is 7.12. The van der Waals surface area contributed by atoms with E-state index in [-0.39, 0.29) is 18.4 Å². The summed E-state index contributed by atoms with van der Waals surface area (Å²) in [5.74, 6) is 0.374. The van der Waals surface area contributed by atoms with Crippen molar-refractivity contribution in [1.82, 2.24) is 0 Å². The molecule has 0 radical (unpaired) electrons. The Kier molecular flexibility index (Phi) is 6.95. The molecule has 0 amide bonds. The topological polar surface area (TPSA) is 61.5 Å². The Bertz CT molecular complexity index is 215. The Labute approximate surface area is 103 Å². The van der Waals surface area contributed by atoms with Crippen LogP contribution in [0.25, 0.3) is 0 Å². The van der Waals surface area contributed by atoms with Gasteiger partial charge in [0.15, 0.2) is 0 Å². The zero-order valence-electron chi connectivity index (χ0n) is 10.0. The standard InChI is InChI=1S/C11H21NO3.ClH/c1-14-8-5-9-3-6-11(12,7-4-9)10(13)15-2;/h9H,3-8,12H2,1-2H3;1H. The van der Waals surface area contributed by atoms with E-state index in [0.29, 0.717) is 5.92 Å². The van der Waals surface area contributed by atoms with Gasteiger partial charge in [0.1, 0.15) is 5.54 Å². The fraction of sp³-hybridized carbons (Fsp3) is 0.909. The summed E-state index contributed by atoms with van der Waals surface area (Å²) in [4.78, 5) is 11.4. The molecule has 4 nitrogen and oxygen atoms in total. The van der Waals surface area contributed by atoms with Crippen molar-refractivity contribution in [2.24, 2.45) is 11.7 Å². The van der Waals surface area contributed by atoms with Gasteiger partial charge in [0.05, 0.1) is 7.11 Å². The molecule has 5 heteroatoms. The van der Waals surface area contributed by atoms with E-state index >= 15 is 0 Å². The molecule has 0 heterocycles.